The Bertz CT molecular complexity index is 301. The SMILES string of the molecule is Cn1ccnc1NC(CCO)C(C)(C)C. The average Bonchev–Trinajstić information content (AvgIpc) is 2.49. The number of aryl methyl sites for hydroxylation is 1. The lowest BCUT2D eigenvalue weighted by atomic mass is 9.85. The molecule has 0 radical (unpaired) electrons. The third-order valence-electron chi connectivity index (χ3n) is 2.59. The second-order valence-electron chi connectivity index (χ2n) is 4.94. The van der Waals surface area contributed by atoms with Crippen LogP contribution in [0.3, 0.4) is 0 Å². The van der Waals surface area contributed by atoms with Crippen molar-refractivity contribution in [1.82, 2.24) is 9.55 Å². The highest BCUT2D eigenvalue weighted by atomic mass is 16.3. The van der Waals surface area contributed by atoms with E-state index in [1.165, 1.54) is 0 Å². The topological polar surface area (TPSA) is 50.1 Å². The van der Waals surface area contributed by atoms with Gasteiger partial charge in [-0.2, -0.15) is 0 Å². The molecule has 0 aliphatic heterocycles. The largest absolute Gasteiger partial charge is 0.396 e. The molecule has 1 rings (SSSR count). The van der Waals surface area contributed by atoms with E-state index in [1.54, 1.807) is 6.20 Å². The Morgan fingerprint density at radius 3 is 2.60 bits per heavy atom. The molecule has 0 fully saturated rings. The number of aliphatic hydroxyl groups is 1. The number of nitrogens with one attached hydrogen (secondary N) is 1. The van der Waals surface area contributed by atoms with Gasteiger partial charge in [0, 0.05) is 32.1 Å². The molecule has 0 aliphatic rings. The summed E-state index contributed by atoms with van der Waals surface area (Å²) >= 11 is 0. The number of hydrogen-bond donors (Lipinski definition) is 2. The fourth-order valence-corrected chi connectivity index (χ4v) is 1.51. The summed E-state index contributed by atoms with van der Waals surface area (Å²) in [7, 11) is 1.95. The van der Waals surface area contributed by atoms with Gasteiger partial charge in [-0.05, 0) is 11.8 Å². The van der Waals surface area contributed by atoms with Crippen molar-refractivity contribution in [1.29, 1.82) is 0 Å². The maximum Gasteiger partial charge on any atom is 0.202 e. The number of anilines is 1. The highest BCUT2D eigenvalue weighted by molar-refractivity contribution is 5.28. The van der Waals surface area contributed by atoms with Crippen LogP contribution in [0.2, 0.25) is 0 Å². The molecule has 0 saturated carbocycles. The fourth-order valence-electron chi connectivity index (χ4n) is 1.51. The third-order valence-corrected chi connectivity index (χ3v) is 2.59. The molecule has 0 aliphatic carbocycles. The van der Waals surface area contributed by atoms with Gasteiger partial charge in [0.05, 0.1) is 0 Å². The molecule has 0 aromatic carbocycles. The normalized spacial score (nSPS) is 13.9. The van der Waals surface area contributed by atoms with Crippen molar-refractivity contribution in [3.05, 3.63) is 12.4 Å². The van der Waals surface area contributed by atoms with E-state index in [0.29, 0.717) is 0 Å². The van der Waals surface area contributed by atoms with E-state index in [2.05, 4.69) is 31.1 Å². The fraction of sp³-hybridized carbons (Fsp3) is 0.727. The van der Waals surface area contributed by atoms with Gasteiger partial charge >= 0.3 is 0 Å². The molecule has 1 aromatic rings. The van der Waals surface area contributed by atoms with Crippen molar-refractivity contribution in [2.24, 2.45) is 12.5 Å². The van der Waals surface area contributed by atoms with Crippen LogP contribution >= 0.6 is 0 Å². The van der Waals surface area contributed by atoms with Crippen LogP contribution in [0.5, 0.6) is 0 Å². The molecule has 0 spiro atoms. The van der Waals surface area contributed by atoms with E-state index < -0.39 is 0 Å². The molecule has 2 N–H and O–H groups in total. The summed E-state index contributed by atoms with van der Waals surface area (Å²) in [6, 6.07) is 0.226. The number of imidazole rings is 1. The van der Waals surface area contributed by atoms with Gasteiger partial charge in [-0.1, -0.05) is 20.8 Å². The first-order valence-electron chi connectivity index (χ1n) is 5.30. The Balaban J connectivity index is 2.71. The van der Waals surface area contributed by atoms with Crippen LogP contribution in [0.4, 0.5) is 5.95 Å². The number of aliphatic hydroxyl groups excluding tert-OH is 1. The van der Waals surface area contributed by atoms with Crippen LogP contribution in [-0.2, 0) is 7.05 Å². The first kappa shape index (κ1) is 12.0. The standard InChI is InChI=1S/C11H21N3O/c1-11(2,3)9(5-8-15)13-10-12-6-7-14(10)4/h6-7,9,15H,5,8H2,1-4H3,(H,12,13). The molecule has 4 heteroatoms. The van der Waals surface area contributed by atoms with Crippen LogP contribution < -0.4 is 5.32 Å². The summed E-state index contributed by atoms with van der Waals surface area (Å²) in [5.41, 5.74) is 0.106. The van der Waals surface area contributed by atoms with Crippen molar-refractivity contribution in [3.63, 3.8) is 0 Å². The minimum Gasteiger partial charge on any atom is -0.396 e. The molecular formula is C11H21N3O. The van der Waals surface area contributed by atoms with E-state index in [9.17, 15) is 0 Å². The molecule has 1 heterocycles. The van der Waals surface area contributed by atoms with Crippen LogP contribution in [0.1, 0.15) is 27.2 Å². The average molecular weight is 211 g/mol. The molecule has 1 atom stereocenters. The number of aromatic nitrogens is 2. The van der Waals surface area contributed by atoms with Gasteiger partial charge in [0.1, 0.15) is 0 Å². The zero-order valence-corrected chi connectivity index (χ0v) is 9.99. The smallest absolute Gasteiger partial charge is 0.202 e. The summed E-state index contributed by atoms with van der Waals surface area (Å²) in [5.74, 6) is 0.850. The third kappa shape index (κ3) is 3.23. The van der Waals surface area contributed by atoms with Crippen LogP contribution in [-0.4, -0.2) is 27.3 Å². The predicted octanol–water partition coefficient (Wildman–Crippen LogP) is 1.63. The maximum absolute atomic E-state index is 9.03. The van der Waals surface area contributed by atoms with Crippen molar-refractivity contribution in [3.8, 4) is 0 Å². The molecular weight excluding hydrogens is 190 g/mol. The minimum atomic E-state index is 0.106. The number of nitrogens with zero attached hydrogens (tertiary/aromatic N) is 2. The molecule has 4 nitrogen and oxygen atoms in total. The Kier molecular flexibility index (Phi) is 3.74. The van der Waals surface area contributed by atoms with Gasteiger partial charge in [0.15, 0.2) is 0 Å². The van der Waals surface area contributed by atoms with Crippen LogP contribution in [0, 0.1) is 5.41 Å². The highest BCUT2D eigenvalue weighted by Gasteiger charge is 2.24. The quantitative estimate of drug-likeness (QED) is 0.796. The Morgan fingerprint density at radius 1 is 1.53 bits per heavy atom. The van der Waals surface area contributed by atoms with E-state index in [1.807, 2.05) is 17.8 Å². The first-order valence-corrected chi connectivity index (χ1v) is 5.30. The van der Waals surface area contributed by atoms with Gasteiger partial charge in [0.2, 0.25) is 5.95 Å². The molecule has 0 amide bonds. The summed E-state index contributed by atoms with van der Waals surface area (Å²) in [5, 5.41) is 12.4. The summed E-state index contributed by atoms with van der Waals surface area (Å²) in [6.45, 7) is 6.66. The van der Waals surface area contributed by atoms with E-state index in [-0.39, 0.29) is 18.1 Å². The van der Waals surface area contributed by atoms with Crippen molar-refractivity contribution in [2.45, 2.75) is 33.2 Å². The first-order chi connectivity index (χ1) is 6.95. The van der Waals surface area contributed by atoms with Gasteiger partial charge in [-0.25, -0.2) is 4.98 Å². The van der Waals surface area contributed by atoms with Gasteiger partial charge < -0.3 is 15.0 Å². The Morgan fingerprint density at radius 2 is 2.20 bits per heavy atom. The lowest BCUT2D eigenvalue weighted by molar-refractivity contribution is 0.234. The van der Waals surface area contributed by atoms with E-state index in [4.69, 9.17) is 5.11 Å². The Labute approximate surface area is 91.3 Å². The van der Waals surface area contributed by atoms with Crippen LogP contribution in [0.25, 0.3) is 0 Å². The summed E-state index contributed by atoms with van der Waals surface area (Å²) in [4.78, 5) is 4.22. The zero-order valence-electron chi connectivity index (χ0n) is 9.99. The molecule has 1 aromatic heterocycles. The maximum atomic E-state index is 9.03. The molecule has 0 saturated heterocycles. The summed E-state index contributed by atoms with van der Waals surface area (Å²) in [6.07, 6.45) is 4.40. The van der Waals surface area contributed by atoms with Gasteiger partial charge in [0.25, 0.3) is 0 Å². The molecule has 86 valence electrons. The number of hydrogen-bond acceptors (Lipinski definition) is 3. The Hall–Kier alpha value is -1.03. The molecule has 15 heavy (non-hydrogen) atoms. The predicted molar refractivity (Wildman–Crippen MR) is 61.8 cm³/mol. The molecule has 0 bridgehead atoms. The minimum absolute atomic E-state index is 0.106. The van der Waals surface area contributed by atoms with E-state index in [0.717, 1.165) is 12.4 Å². The summed E-state index contributed by atoms with van der Waals surface area (Å²) < 4.78 is 1.94. The van der Waals surface area contributed by atoms with Crippen molar-refractivity contribution in [2.75, 3.05) is 11.9 Å². The van der Waals surface area contributed by atoms with E-state index >= 15 is 0 Å². The van der Waals surface area contributed by atoms with Gasteiger partial charge in [-0.3, -0.25) is 0 Å². The second kappa shape index (κ2) is 4.66. The zero-order chi connectivity index (χ0) is 11.5. The second-order valence-corrected chi connectivity index (χ2v) is 4.94. The lowest BCUT2D eigenvalue weighted by Crippen LogP contribution is -2.35. The monoisotopic (exact) mass is 211 g/mol. The molecule has 1 unspecified atom stereocenters. The lowest BCUT2D eigenvalue weighted by Gasteiger charge is -2.31. The highest BCUT2D eigenvalue weighted by Crippen LogP contribution is 2.24. The van der Waals surface area contributed by atoms with Crippen molar-refractivity contribution < 1.29 is 5.11 Å². The van der Waals surface area contributed by atoms with Gasteiger partial charge in [-0.15, -0.1) is 0 Å². The van der Waals surface area contributed by atoms with Crippen molar-refractivity contribution >= 4 is 5.95 Å². The van der Waals surface area contributed by atoms with Crippen LogP contribution in [0.15, 0.2) is 12.4 Å². The number of rotatable bonds is 4.